The van der Waals surface area contributed by atoms with Crippen LogP contribution in [-0.4, -0.2) is 25.2 Å². The predicted molar refractivity (Wildman–Crippen MR) is 60.9 cm³/mol. The second-order valence-corrected chi connectivity index (χ2v) is 3.49. The highest BCUT2D eigenvalue weighted by Crippen LogP contribution is 2.17. The van der Waals surface area contributed by atoms with Crippen LogP contribution in [0.25, 0.3) is 0 Å². The number of hydrogen-bond acceptors (Lipinski definition) is 5. The van der Waals surface area contributed by atoms with Gasteiger partial charge >= 0.3 is 11.9 Å². The van der Waals surface area contributed by atoms with E-state index in [2.05, 4.69) is 4.74 Å². The van der Waals surface area contributed by atoms with Gasteiger partial charge in [0.05, 0.1) is 13.2 Å². The largest absolute Gasteiger partial charge is 0.466 e. The van der Waals surface area contributed by atoms with E-state index in [-0.39, 0.29) is 0 Å². The molecule has 0 heterocycles. The van der Waals surface area contributed by atoms with Crippen LogP contribution in [0.4, 0.5) is 0 Å². The van der Waals surface area contributed by atoms with Gasteiger partial charge in [-0.2, -0.15) is 0 Å². The second-order valence-electron chi connectivity index (χ2n) is 3.49. The minimum atomic E-state index is -1.13. The summed E-state index contributed by atoms with van der Waals surface area (Å²) in [6, 6.07) is 8.17. The van der Waals surface area contributed by atoms with E-state index in [0.29, 0.717) is 5.56 Å². The smallest absolute Gasteiger partial charge is 0.349 e. The number of esters is 2. The fraction of sp³-hybridized carbons (Fsp3) is 0.333. The molecule has 0 spiro atoms. The molecule has 0 saturated heterocycles. The molecular weight excluding hydrogens is 222 g/mol. The molecule has 0 aliphatic rings. The molecule has 1 aromatic rings. The molecule has 0 aliphatic carbocycles. The van der Waals surface area contributed by atoms with Gasteiger partial charge in [0.1, 0.15) is 0 Å². The molecule has 0 amide bonds. The average molecular weight is 237 g/mol. The Labute approximate surface area is 99.5 Å². The van der Waals surface area contributed by atoms with Crippen LogP contribution < -0.4 is 5.73 Å². The van der Waals surface area contributed by atoms with Crippen LogP contribution >= 0.6 is 0 Å². The Morgan fingerprint density at radius 2 is 1.82 bits per heavy atom. The van der Waals surface area contributed by atoms with Gasteiger partial charge in [0, 0.05) is 6.92 Å². The van der Waals surface area contributed by atoms with Crippen LogP contribution in [0.1, 0.15) is 18.5 Å². The minimum absolute atomic E-state index is 0.577. The number of methoxy groups -OCH3 is 1. The van der Waals surface area contributed by atoms with E-state index in [1.54, 1.807) is 24.3 Å². The third kappa shape index (κ3) is 3.57. The lowest BCUT2D eigenvalue weighted by molar-refractivity contribution is -0.166. The van der Waals surface area contributed by atoms with Gasteiger partial charge in [0.25, 0.3) is 0 Å². The van der Waals surface area contributed by atoms with Crippen molar-refractivity contribution in [3.63, 3.8) is 0 Å². The molecule has 1 rings (SSSR count). The number of nitrogens with two attached hydrogens (primary N) is 1. The van der Waals surface area contributed by atoms with Crippen molar-refractivity contribution in [3.8, 4) is 0 Å². The van der Waals surface area contributed by atoms with Gasteiger partial charge in [-0.05, 0) is 5.56 Å². The third-order valence-electron chi connectivity index (χ3n) is 2.24. The molecule has 17 heavy (non-hydrogen) atoms. The summed E-state index contributed by atoms with van der Waals surface area (Å²) >= 11 is 0. The van der Waals surface area contributed by atoms with E-state index in [0.717, 1.165) is 0 Å². The Hall–Kier alpha value is -1.88. The molecule has 0 radical (unpaired) electrons. The maximum atomic E-state index is 11.5. The molecule has 5 nitrogen and oxygen atoms in total. The van der Waals surface area contributed by atoms with E-state index >= 15 is 0 Å². The molecule has 0 unspecified atom stereocenters. The van der Waals surface area contributed by atoms with Crippen molar-refractivity contribution in [3.05, 3.63) is 35.9 Å². The quantitative estimate of drug-likeness (QED) is 0.783. The van der Waals surface area contributed by atoms with Gasteiger partial charge < -0.3 is 15.2 Å². The first-order valence-corrected chi connectivity index (χ1v) is 5.12. The highest BCUT2D eigenvalue weighted by atomic mass is 16.6. The monoisotopic (exact) mass is 237 g/mol. The molecule has 0 aliphatic heterocycles. The number of carbonyl (C=O) groups excluding carboxylic acids is 2. The molecule has 1 aromatic carbocycles. The van der Waals surface area contributed by atoms with Crippen LogP contribution in [0.3, 0.4) is 0 Å². The summed E-state index contributed by atoms with van der Waals surface area (Å²) in [7, 11) is 1.22. The molecule has 0 fully saturated rings. The molecule has 2 atom stereocenters. The summed E-state index contributed by atoms with van der Waals surface area (Å²) < 4.78 is 9.44. The van der Waals surface area contributed by atoms with Gasteiger partial charge in [0.2, 0.25) is 6.10 Å². The standard InChI is InChI=1S/C12H15NO4/c1-8(14)17-11(12(15)16-2)10(13)9-6-4-3-5-7-9/h3-7,10-11H,13H2,1-2H3/t10-,11+/m0/s1. The Bertz CT molecular complexity index is 391. The van der Waals surface area contributed by atoms with Crippen LogP contribution in [0, 0.1) is 0 Å². The molecule has 0 aromatic heterocycles. The summed E-state index contributed by atoms with van der Waals surface area (Å²) in [6.07, 6.45) is -1.13. The topological polar surface area (TPSA) is 78.6 Å². The van der Waals surface area contributed by atoms with Crippen molar-refractivity contribution in [2.24, 2.45) is 5.73 Å². The zero-order valence-corrected chi connectivity index (χ0v) is 9.75. The van der Waals surface area contributed by atoms with E-state index < -0.39 is 24.1 Å². The second kappa shape index (κ2) is 6.00. The zero-order chi connectivity index (χ0) is 12.8. The maximum absolute atomic E-state index is 11.5. The highest BCUT2D eigenvalue weighted by molar-refractivity contribution is 5.79. The SMILES string of the molecule is COC(=O)[C@H](OC(C)=O)[C@@H](N)c1ccccc1. The predicted octanol–water partition coefficient (Wildman–Crippen LogP) is 0.791. The van der Waals surface area contributed by atoms with Crippen molar-refractivity contribution in [1.29, 1.82) is 0 Å². The summed E-state index contributed by atoms with van der Waals surface area (Å²) in [5, 5.41) is 0. The van der Waals surface area contributed by atoms with Crippen molar-refractivity contribution in [2.75, 3.05) is 7.11 Å². The molecule has 5 heteroatoms. The van der Waals surface area contributed by atoms with Crippen molar-refractivity contribution < 1.29 is 19.1 Å². The van der Waals surface area contributed by atoms with Crippen LogP contribution in [0.5, 0.6) is 0 Å². The summed E-state index contributed by atoms with van der Waals surface area (Å²) in [6.45, 7) is 1.22. The number of carbonyl (C=O) groups is 2. The third-order valence-corrected chi connectivity index (χ3v) is 2.24. The van der Waals surface area contributed by atoms with Gasteiger partial charge in [-0.25, -0.2) is 4.79 Å². The Kier molecular flexibility index (Phi) is 4.66. The fourth-order valence-electron chi connectivity index (χ4n) is 1.41. The average Bonchev–Trinajstić information content (AvgIpc) is 2.35. The first-order chi connectivity index (χ1) is 8.06. The molecule has 2 N–H and O–H groups in total. The fourth-order valence-corrected chi connectivity index (χ4v) is 1.41. The van der Waals surface area contributed by atoms with Gasteiger partial charge in [-0.1, -0.05) is 30.3 Å². The zero-order valence-electron chi connectivity index (χ0n) is 9.75. The summed E-state index contributed by atoms with van der Waals surface area (Å²) in [5.41, 5.74) is 6.58. The molecular formula is C12H15NO4. The molecule has 0 bridgehead atoms. The first-order valence-electron chi connectivity index (χ1n) is 5.12. The molecule has 0 saturated carbocycles. The maximum Gasteiger partial charge on any atom is 0.349 e. The molecule has 92 valence electrons. The Morgan fingerprint density at radius 1 is 1.24 bits per heavy atom. The lowest BCUT2D eigenvalue weighted by Crippen LogP contribution is -2.38. The lowest BCUT2D eigenvalue weighted by atomic mass is 10.0. The lowest BCUT2D eigenvalue weighted by Gasteiger charge is -2.21. The van der Waals surface area contributed by atoms with E-state index in [9.17, 15) is 9.59 Å². The summed E-state index contributed by atoms with van der Waals surface area (Å²) in [5.74, 6) is -1.25. The van der Waals surface area contributed by atoms with E-state index in [1.807, 2.05) is 6.07 Å². The van der Waals surface area contributed by atoms with E-state index in [4.69, 9.17) is 10.5 Å². The van der Waals surface area contributed by atoms with Crippen molar-refractivity contribution in [1.82, 2.24) is 0 Å². The normalized spacial score (nSPS) is 13.6. The number of ether oxygens (including phenoxy) is 2. The number of benzene rings is 1. The Balaban J connectivity index is 2.90. The van der Waals surface area contributed by atoms with Crippen LogP contribution in [0.2, 0.25) is 0 Å². The van der Waals surface area contributed by atoms with Gasteiger partial charge in [-0.3, -0.25) is 4.79 Å². The van der Waals surface area contributed by atoms with Gasteiger partial charge in [-0.15, -0.1) is 0 Å². The van der Waals surface area contributed by atoms with Crippen LogP contribution in [0.15, 0.2) is 30.3 Å². The van der Waals surface area contributed by atoms with Gasteiger partial charge in [0.15, 0.2) is 0 Å². The number of rotatable bonds is 4. The Morgan fingerprint density at radius 3 is 2.29 bits per heavy atom. The van der Waals surface area contributed by atoms with Crippen molar-refractivity contribution >= 4 is 11.9 Å². The van der Waals surface area contributed by atoms with Crippen LogP contribution in [-0.2, 0) is 19.1 Å². The summed E-state index contributed by atoms with van der Waals surface area (Å²) in [4.78, 5) is 22.4. The van der Waals surface area contributed by atoms with Crippen molar-refractivity contribution in [2.45, 2.75) is 19.1 Å². The number of hydrogen-bond donors (Lipinski definition) is 1. The first kappa shape index (κ1) is 13.2. The highest BCUT2D eigenvalue weighted by Gasteiger charge is 2.30. The van der Waals surface area contributed by atoms with E-state index in [1.165, 1.54) is 14.0 Å². The minimum Gasteiger partial charge on any atom is -0.466 e.